The van der Waals surface area contributed by atoms with E-state index in [9.17, 15) is 4.79 Å². The highest BCUT2D eigenvalue weighted by atomic mass is 79.9. The van der Waals surface area contributed by atoms with Crippen molar-refractivity contribution < 1.29 is 4.79 Å². The Bertz CT molecular complexity index is 451. The number of carbonyl (C=O) groups is 1. The highest BCUT2D eigenvalue weighted by Crippen LogP contribution is 2.22. The van der Waals surface area contributed by atoms with Crippen LogP contribution in [0.5, 0.6) is 0 Å². The molecule has 3 nitrogen and oxygen atoms in total. The molecule has 0 aromatic heterocycles. The van der Waals surface area contributed by atoms with Crippen LogP contribution in [0, 0.1) is 17.2 Å². The van der Waals surface area contributed by atoms with E-state index in [-0.39, 0.29) is 12.3 Å². The summed E-state index contributed by atoms with van der Waals surface area (Å²) in [5.41, 5.74) is 0.867. The van der Waals surface area contributed by atoms with Gasteiger partial charge < -0.3 is 5.32 Å². The summed E-state index contributed by atoms with van der Waals surface area (Å²) in [6.07, 6.45) is 0.208. The van der Waals surface area contributed by atoms with Crippen LogP contribution >= 0.6 is 15.9 Å². The molecule has 1 unspecified atom stereocenters. The summed E-state index contributed by atoms with van der Waals surface area (Å²) < 4.78 is 0.919. The van der Waals surface area contributed by atoms with E-state index in [4.69, 9.17) is 5.26 Å². The molecule has 0 saturated carbocycles. The van der Waals surface area contributed by atoms with Crippen molar-refractivity contribution >= 4 is 21.8 Å². The largest absolute Gasteiger partial charge is 0.356 e. The number of halogens is 1. The van der Waals surface area contributed by atoms with Crippen molar-refractivity contribution in [2.45, 2.75) is 26.2 Å². The van der Waals surface area contributed by atoms with Crippen molar-refractivity contribution in [1.29, 1.82) is 5.26 Å². The van der Waals surface area contributed by atoms with Gasteiger partial charge in [0, 0.05) is 17.4 Å². The molecule has 0 aliphatic carbocycles. The second-order valence-electron chi connectivity index (χ2n) is 4.64. The van der Waals surface area contributed by atoms with E-state index in [1.54, 1.807) is 0 Å². The summed E-state index contributed by atoms with van der Waals surface area (Å²) in [7, 11) is 0. The third-order valence-electron chi connectivity index (χ3n) is 2.50. The van der Waals surface area contributed by atoms with Gasteiger partial charge in [0.2, 0.25) is 5.91 Å². The van der Waals surface area contributed by atoms with Crippen LogP contribution < -0.4 is 5.32 Å². The van der Waals surface area contributed by atoms with Crippen molar-refractivity contribution in [2.75, 3.05) is 6.54 Å². The van der Waals surface area contributed by atoms with E-state index < -0.39 is 5.92 Å². The quantitative estimate of drug-likeness (QED) is 0.908. The molecule has 1 aromatic carbocycles. The summed E-state index contributed by atoms with van der Waals surface area (Å²) in [5.74, 6) is -0.0507. The highest BCUT2D eigenvalue weighted by molar-refractivity contribution is 9.10. The van der Waals surface area contributed by atoms with E-state index in [1.807, 2.05) is 38.1 Å². The fourth-order valence-electron chi connectivity index (χ4n) is 1.54. The molecule has 4 heteroatoms. The molecule has 18 heavy (non-hydrogen) atoms. The van der Waals surface area contributed by atoms with E-state index in [1.165, 1.54) is 0 Å². The third kappa shape index (κ3) is 4.89. The molecule has 96 valence electrons. The maximum absolute atomic E-state index is 11.7. The topological polar surface area (TPSA) is 52.9 Å². The Labute approximate surface area is 116 Å². The predicted octanol–water partition coefficient (Wildman–Crippen LogP) is 3.22. The normalized spacial score (nSPS) is 11.9. The number of nitriles is 1. The van der Waals surface area contributed by atoms with Crippen LogP contribution in [-0.4, -0.2) is 12.5 Å². The van der Waals surface area contributed by atoms with Gasteiger partial charge >= 0.3 is 0 Å². The molecule has 0 radical (unpaired) electrons. The molecule has 0 spiro atoms. The fourth-order valence-corrected chi connectivity index (χ4v) is 1.95. The van der Waals surface area contributed by atoms with Crippen molar-refractivity contribution in [3.05, 3.63) is 34.3 Å². The second kappa shape index (κ2) is 7.17. The molecule has 0 aliphatic rings. The Hall–Kier alpha value is -1.34. The Morgan fingerprint density at radius 1 is 1.50 bits per heavy atom. The van der Waals surface area contributed by atoms with Gasteiger partial charge in [-0.25, -0.2) is 0 Å². The minimum absolute atomic E-state index is 0.0739. The first-order valence-corrected chi connectivity index (χ1v) is 6.74. The lowest BCUT2D eigenvalue weighted by Crippen LogP contribution is -2.28. The zero-order chi connectivity index (χ0) is 13.5. The molecule has 1 amide bonds. The van der Waals surface area contributed by atoms with Gasteiger partial charge in [0.1, 0.15) is 0 Å². The number of amides is 1. The van der Waals surface area contributed by atoms with Crippen LogP contribution in [-0.2, 0) is 4.79 Å². The lowest BCUT2D eigenvalue weighted by molar-refractivity contribution is -0.121. The summed E-state index contributed by atoms with van der Waals surface area (Å²) in [6.45, 7) is 4.72. The van der Waals surface area contributed by atoms with E-state index >= 15 is 0 Å². The SMILES string of the molecule is CC(C)CNC(=O)CC(C#N)c1cccc(Br)c1. The first kappa shape index (κ1) is 14.7. The fraction of sp³-hybridized carbons (Fsp3) is 0.429. The number of nitrogens with zero attached hydrogens (tertiary/aromatic N) is 1. The maximum Gasteiger partial charge on any atom is 0.221 e. The van der Waals surface area contributed by atoms with Crippen molar-refractivity contribution in [3.63, 3.8) is 0 Å². The minimum Gasteiger partial charge on any atom is -0.356 e. The standard InChI is InChI=1S/C14H17BrN2O/c1-10(2)9-17-14(18)7-12(8-16)11-4-3-5-13(15)6-11/h3-6,10,12H,7,9H2,1-2H3,(H,17,18). The number of nitrogens with one attached hydrogen (secondary N) is 1. The molecule has 0 heterocycles. The molecule has 0 bridgehead atoms. The number of hydrogen-bond acceptors (Lipinski definition) is 2. The Morgan fingerprint density at radius 3 is 2.78 bits per heavy atom. The zero-order valence-corrected chi connectivity index (χ0v) is 12.2. The van der Waals surface area contributed by atoms with Crippen LogP contribution in [0.3, 0.4) is 0 Å². The first-order chi connectivity index (χ1) is 8.52. The van der Waals surface area contributed by atoms with E-state index in [2.05, 4.69) is 27.3 Å². The highest BCUT2D eigenvalue weighted by Gasteiger charge is 2.15. The minimum atomic E-state index is -0.394. The summed E-state index contributed by atoms with van der Waals surface area (Å²) in [4.78, 5) is 11.7. The molecule has 0 fully saturated rings. The van der Waals surface area contributed by atoms with Crippen LogP contribution in [0.2, 0.25) is 0 Å². The lowest BCUT2D eigenvalue weighted by Gasteiger charge is -2.11. The van der Waals surface area contributed by atoms with Crippen molar-refractivity contribution in [1.82, 2.24) is 5.32 Å². The van der Waals surface area contributed by atoms with Gasteiger partial charge in [-0.05, 0) is 23.6 Å². The van der Waals surface area contributed by atoms with Gasteiger partial charge in [-0.15, -0.1) is 0 Å². The summed E-state index contributed by atoms with van der Waals surface area (Å²) >= 11 is 3.37. The van der Waals surface area contributed by atoms with Crippen molar-refractivity contribution in [3.8, 4) is 6.07 Å². The van der Waals surface area contributed by atoms with Gasteiger partial charge in [-0.2, -0.15) is 5.26 Å². The molecule has 1 aromatic rings. The molecule has 1 N–H and O–H groups in total. The van der Waals surface area contributed by atoms with Gasteiger partial charge in [0.15, 0.2) is 0 Å². The predicted molar refractivity (Wildman–Crippen MR) is 75.0 cm³/mol. The Balaban J connectivity index is 2.63. The number of hydrogen-bond donors (Lipinski definition) is 1. The van der Waals surface area contributed by atoms with Gasteiger partial charge in [0.05, 0.1) is 12.0 Å². The molecule has 1 atom stereocenters. The first-order valence-electron chi connectivity index (χ1n) is 5.94. The summed E-state index contributed by atoms with van der Waals surface area (Å²) in [5, 5.41) is 12.0. The molecular weight excluding hydrogens is 292 g/mol. The average molecular weight is 309 g/mol. The maximum atomic E-state index is 11.7. The zero-order valence-electron chi connectivity index (χ0n) is 10.6. The number of rotatable bonds is 5. The van der Waals surface area contributed by atoms with E-state index in [0.717, 1.165) is 10.0 Å². The molecule has 0 aliphatic heterocycles. The molecule has 1 rings (SSSR count). The molecular formula is C14H17BrN2O. The molecule has 0 saturated heterocycles. The second-order valence-corrected chi connectivity index (χ2v) is 5.55. The third-order valence-corrected chi connectivity index (χ3v) is 3.00. The van der Waals surface area contributed by atoms with E-state index in [0.29, 0.717) is 12.5 Å². The Morgan fingerprint density at radius 2 is 2.22 bits per heavy atom. The number of benzene rings is 1. The van der Waals surface area contributed by atoms with Crippen molar-refractivity contribution in [2.24, 2.45) is 5.92 Å². The average Bonchev–Trinajstić information content (AvgIpc) is 2.33. The monoisotopic (exact) mass is 308 g/mol. The van der Waals surface area contributed by atoms with Crippen LogP contribution in [0.4, 0.5) is 0 Å². The van der Waals surface area contributed by atoms with Gasteiger partial charge in [0.25, 0.3) is 0 Å². The van der Waals surface area contributed by atoms with Gasteiger partial charge in [-0.3, -0.25) is 4.79 Å². The Kier molecular flexibility index (Phi) is 5.87. The smallest absolute Gasteiger partial charge is 0.221 e. The lowest BCUT2D eigenvalue weighted by atomic mass is 9.97. The summed E-state index contributed by atoms with van der Waals surface area (Å²) in [6, 6.07) is 9.70. The van der Waals surface area contributed by atoms with Gasteiger partial charge in [-0.1, -0.05) is 41.9 Å². The van der Waals surface area contributed by atoms with Crippen LogP contribution in [0.1, 0.15) is 31.7 Å². The van der Waals surface area contributed by atoms with Crippen LogP contribution in [0.15, 0.2) is 28.7 Å². The number of carbonyl (C=O) groups excluding carboxylic acids is 1. The van der Waals surface area contributed by atoms with Crippen LogP contribution in [0.25, 0.3) is 0 Å².